The maximum absolute atomic E-state index is 12.2. The molecule has 8 heteroatoms. The second-order valence-corrected chi connectivity index (χ2v) is 6.15. The molecule has 1 heterocycles. The molecule has 0 atom stereocenters. The lowest BCUT2D eigenvalue weighted by atomic mass is 10.1. The van der Waals surface area contributed by atoms with Crippen LogP contribution in [0, 0.1) is 6.92 Å². The molecule has 0 fully saturated rings. The van der Waals surface area contributed by atoms with Crippen molar-refractivity contribution < 1.29 is 18.3 Å². The van der Waals surface area contributed by atoms with E-state index in [-0.39, 0.29) is 10.5 Å². The molecule has 7 nitrogen and oxygen atoms in total. The van der Waals surface area contributed by atoms with Crippen molar-refractivity contribution in [3.05, 3.63) is 41.7 Å². The predicted octanol–water partition coefficient (Wildman–Crippen LogP) is 1.71. The number of aromatic carboxylic acids is 1. The number of nitrogens with one attached hydrogen (secondary N) is 1. The summed E-state index contributed by atoms with van der Waals surface area (Å²) in [6, 6.07) is 3.98. The van der Waals surface area contributed by atoms with E-state index >= 15 is 0 Å². The Morgan fingerprint density at radius 2 is 2.14 bits per heavy atom. The van der Waals surface area contributed by atoms with Gasteiger partial charge in [0.15, 0.2) is 0 Å². The highest BCUT2D eigenvalue weighted by atomic mass is 32.2. The Labute approximate surface area is 122 Å². The highest BCUT2D eigenvalue weighted by molar-refractivity contribution is 7.92. The number of carboxylic acid groups (broad SMARTS) is 1. The standard InChI is InChI=1S/C13H15N3O4S/c1-3-16-8-10(7-14-16)15-21(19,20)11-5-4-9(2)12(6-11)13(17)18/h4-8,15H,3H2,1-2H3,(H,17,18). The maximum atomic E-state index is 12.2. The van der Waals surface area contributed by atoms with Crippen LogP contribution in [0.4, 0.5) is 5.69 Å². The third kappa shape index (κ3) is 3.22. The van der Waals surface area contributed by atoms with Crippen LogP contribution >= 0.6 is 0 Å². The van der Waals surface area contributed by atoms with Crippen LogP contribution in [0.2, 0.25) is 0 Å². The molecule has 0 unspecified atom stereocenters. The molecule has 0 spiro atoms. The lowest BCUT2D eigenvalue weighted by Gasteiger charge is -2.08. The number of carboxylic acids is 1. The molecule has 21 heavy (non-hydrogen) atoms. The van der Waals surface area contributed by atoms with Crippen molar-refractivity contribution in [1.29, 1.82) is 0 Å². The van der Waals surface area contributed by atoms with Crippen LogP contribution in [-0.2, 0) is 16.6 Å². The molecular formula is C13H15N3O4S. The summed E-state index contributed by atoms with van der Waals surface area (Å²) < 4.78 is 28.4. The van der Waals surface area contributed by atoms with Gasteiger partial charge in [0.05, 0.1) is 22.3 Å². The minimum absolute atomic E-state index is 0.0397. The first-order valence-electron chi connectivity index (χ1n) is 6.22. The Balaban J connectivity index is 2.35. The number of sulfonamides is 1. The average molecular weight is 309 g/mol. The quantitative estimate of drug-likeness (QED) is 0.875. The SMILES string of the molecule is CCn1cc(NS(=O)(=O)c2ccc(C)c(C(=O)O)c2)cn1. The highest BCUT2D eigenvalue weighted by Crippen LogP contribution is 2.19. The third-order valence-electron chi connectivity index (χ3n) is 2.96. The van der Waals surface area contributed by atoms with Gasteiger partial charge in [0.1, 0.15) is 0 Å². The van der Waals surface area contributed by atoms with Gasteiger partial charge in [-0.2, -0.15) is 5.10 Å². The van der Waals surface area contributed by atoms with E-state index in [1.807, 2.05) is 6.92 Å². The molecule has 112 valence electrons. The molecule has 1 aromatic heterocycles. The van der Waals surface area contributed by atoms with Crippen LogP contribution < -0.4 is 4.72 Å². The minimum atomic E-state index is -3.85. The summed E-state index contributed by atoms with van der Waals surface area (Å²) in [4.78, 5) is 11.0. The monoisotopic (exact) mass is 309 g/mol. The molecule has 0 aliphatic rings. The van der Waals surface area contributed by atoms with Gasteiger partial charge in [-0.05, 0) is 31.5 Å². The zero-order valence-corrected chi connectivity index (χ0v) is 12.4. The molecule has 1 aromatic carbocycles. The first-order chi connectivity index (χ1) is 9.83. The highest BCUT2D eigenvalue weighted by Gasteiger charge is 2.18. The molecule has 2 N–H and O–H groups in total. The van der Waals surface area contributed by atoms with Gasteiger partial charge >= 0.3 is 5.97 Å². The van der Waals surface area contributed by atoms with E-state index in [1.165, 1.54) is 18.3 Å². The van der Waals surface area contributed by atoms with Crippen molar-refractivity contribution in [3.63, 3.8) is 0 Å². The largest absolute Gasteiger partial charge is 0.478 e. The van der Waals surface area contributed by atoms with Crippen LogP contribution in [0.15, 0.2) is 35.5 Å². The normalized spacial score (nSPS) is 11.3. The fourth-order valence-electron chi connectivity index (χ4n) is 1.80. The van der Waals surface area contributed by atoms with Crippen LogP contribution in [0.1, 0.15) is 22.8 Å². The van der Waals surface area contributed by atoms with E-state index in [1.54, 1.807) is 17.8 Å². The van der Waals surface area contributed by atoms with E-state index in [2.05, 4.69) is 9.82 Å². The van der Waals surface area contributed by atoms with E-state index < -0.39 is 16.0 Å². The molecule has 0 amide bonds. The minimum Gasteiger partial charge on any atom is -0.478 e. The van der Waals surface area contributed by atoms with Crippen molar-refractivity contribution in [3.8, 4) is 0 Å². The predicted molar refractivity (Wildman–Crippen MR) is 76.8 cm³/mol. The molecule has 2 aromatic rings. The lowest BCUT2D eigenvalue weighted by Crippen LogP contribution is -2.14. The van der Waals surface area contributed by atoms with Crippen molar-refractivity contribution in [2.75, 3.05) is 4.72 Å². The van der Waals surface area contributed by atoms with Crippen molar-refractivity contribution >= 4 is 21.7 Å². The molecule has 0 saturated carbocycles. The van der Waals surface area contributed by atoms with Crippen LogP contribution in [0.3, 0.4) is 0 Å². The van der Waals surface area contributed by atoms with E-state index in [4.69, 9.17) is 5.11 Å². The van der Waals surface area contributed by atoms with Crippen LogP contribution in [0.25, 0.3) is 0 Å². The molecule has 0 bridgehead atoms. The maximum Gasteiger partial charge on any atom is 0.335 e. The zero-order chi connectivity index (χ0) is 15.6. The first kappa shape index (κ1) is 15.0. The summed E-state index contributed by atoms with van der Waals surface area (Å²) >= 11 is 0. The Morgan fingerprint density at radius 1 is 1.43 bits per heavy atom. The third-order valence-corrected chi connectivity index (χ3v) is 4.34. The fraction of sp³-hybridized carbons (Fsp3) is 0.231. The number of aromatic nitrogens is 2. The van der Waals surface area contributed by atoms with Gasteiger partial charge in [-0.25, -0.2) is 13.2 Å². The number of hydrogen-bond acceptors (Lipinski definition) is 4. The smallest absolute Gasteiger partial charge is 0.335 e. The summed E-state index contributed by atoms with van der Waals surface area (Å²) in [5, 5.41) is 13.0. The number of anilines is 1. The number of carbonyl (C=O) groups is 1. The van der Waals surface area contributed by atoms with E-state index in [0.717, 1.165) is 6.07 Å². The van der Waals surface area contributed by atoms with Crippen molar-refractivity contribution in [2.24, 2.45) is 0 Å². The summed E-state index contributed by atoms with van der Waals surface area (Å²) in [7, 11) is -3.85. The molecule has 0 saturated heterocycles. The van der Waals surface area contributed by atoms with Crippen LogP contribution in [-0.4, -0.2) is 29.3 Å². The Morgan fingerprint density at radius 3 is 2.71 bits per heavy atom. The van der Waals surface area contributed by atoms with Gasteiger partial charge in [-0.15, -0.1) is 0 Å². The molecule has 2 rings (SSSR count). The summed E-state index contributed by atoms with van der Waals surface area (Å²) in [5.41, 5.74) is 0.789. The van der Waals surface area contributed by atoms with Crippen molar-refractivity contribution in [1.82, 2.24) is 9.78 Å². The Hall–Kier alpha value is -2.35. The number of rotatable bonds is 5. The summed E-state index contributed by atoms with van der Waals surface area (Å²) in [5.74, 6) is -1.16. The topological polar surface area (TPSA) is 101 Å². The Bertz CT molecular complexity index is 780. The van der Waals surface area contributed by atoms with E-state index in [0.29, 0.717) is 17.8 Å². The van der Waals surface area contributed by atoms with Gasteiger partial charge in [-0.1, -0.05) is 6.07 Å². The van der Waals surface area contributed by atoms with Gasteiger partial charge in [0.2, 0.25) is 0 Å². The molecule has 0 radical (unpaired) electrons. The summed E-state index contributed by atoms with van der Waals surface area (Å²) in [6.45, 7) is 4.11. The van der Waals surface area contributed by atoms with Gasteiger partial charge in [0, 0.05) is 12.7 Å². The zero-order valence-electron chi connectivity index (χ0n) is 11.6. The molecule has 0 aliphatic heterocycles. The summed E-state index contributed by atoms with van der Waals surface area (Å²) in [6.07, 6.45) is 2.96. The molecule has 0 aliphatic carbocycles. The second kappa shape index (κ2) is 5.57. The van der Waals surface area contributed by atoms with Gasteiger partial charge in [-0.3, -0.25) is 9.40 Å². The number of aryl methyl sites for hydroxylation is 2. The fourth-order valence-corrected chi connectivity index (χ4v) is 2.86. The van der Waals surface area contributed by atoms with E-state index in [9.17, 15) is 13.2 Å². The van der Waals surface area contributed by atoms with Gasteiger partial charge < -0.3 is 5.11 Å². The average Bonchev–Trinajstić information content (AvgIpc) is 2.85. The molecular weight excluding hydrogens is 294 g/mol. The van der Waals surface area contributed by atoms with Crippen LogP contribution in [0.5, 0.6) is 0 Å². The number of hydrogen-bond donors (Lipinski definition) is 2. The number of nitrogens with zero attached hydrogens (tertiary/aromatic N) is 2. The second-order valence-electron chi connectivity index (χ2n) is 4.47. The van der Waals surface area contributed by atoms with Crippen molar-refractivity contribution in [2.45, 2.75) is 25.3 Å². The lowest BCUT2D eigenvalue weighted by molar-refractivity contribution is 0.0696. The number of benzene rings is 1. The van der Waals surface area contributed by atoms with Gasteiger partial charge in [0.25, 0.3) is 10.0 Å². The Kier molecular flexibility index (Phi) is 3.99. The first-order valence-corrected chi connectivity index (χ1v) is 7.71.